The van der Waals surface area contributed by atoms with Crippen molar-refractivity contribution in [2.24, 2.45) is 11.3 Å². The van der Waals surface area contributed by atoms with Crippen molar-refractivity contribution in [3.8, 4) is 0 Å². The van der Waals surface area contributed by atoms with Gasteiger partial charge in [-0.25, -0.2) is 4.79 Å². The number of likely N-dealkylation sites (tertiary alicyclic amines) is 2. The number of benzene rings is 1. The Hall–Kier alpha value is -2.57. The summed E-state index contributed by atoms with van der Waals surface area (Å²) in [7, 11) is 3.49. The largest absolute Gasteiger partial charge is 0.466 e. The lowest BCUT2D eigenvalue weighted by Crippen LogP contribution is -2.54. The van der Waals surface area contributed by atoms with Crippen molar-refractivity contribution < 1.29 is 19.1 Å². The van der Waals surface area contributed by atoms with Gasteiger partial charge in [-0.3, -0.25) is 9.59 Å². The quantitative estimate of drug-likeness (QED) is 0.656. The van der Waals surface area contributed by atoms with Crippen molar-refractivity contribution in [3.63, 3.8) is 0 Å². The molecule has 2 saturated heterocycles. The van der Waals surface area contributed by atoms with Gasteiger partial charge < -0.3 is 19.4 Å². The summed E-state index contributed by atoms with van der Waals surface area (Å²) in [6.07, 6.45) is 3.42. The van der Waals surface area contributed by atoms with E-state index >= 15 is 0 Å². The molecule has 3 amide bonds. The first-order chi connectivity index (χ1) is 15.3. The monoisotopic (exact) mass is 443 g/mol. The molecule has 1 aromatic rings. The van der Waals surface area contributed by atoms with Gasteiger partial charge in [-0.15, -0.1) is 0 Å². The number of carbonyl (C=O) groups is 3. The lowest BCUT2D eigenvalue weighted by atomic mass is 9.74. The van der Waals surface area contributed by atoms with Crippen LogP contribution in [0.2, 0.25) is 0 Å². The highest BCUT2D eigenvalue weighted by Gasteiger charge is 2.46. The molecule has 0 N–H and O–H groups in total. The van der Waals surface area contributed by atoms with Crippen molar-refractivity contribution in [1.82, 2.24) is 14.7 Å². The fourth-order valence-electron chi connectivity index (χ4n) is 5.02. The number of carbonyl (C=O) groups excluding carboxylic acids is 3. The van der Waals surface area contributed by atoms with Crippen LogP contribution in [-0.2, 0) is 20.7 Å². The topological polar surface area (TPSA) is 70.2 Å². The third kappa shape index (κ3) is 5.25. The van der Waals surface area contributed by atoms with Gasteiger partial charge in [0.2, 0.25) is 5.91 Å². The smallest absolute Gasteiger partial charge is 0.319 e. The molecule has 0 saturated carbocycles. The maximum Gasteiger partial charge on any atom is 0.319 e. The second-order valence-electron chi connectivity index (χ2n) is 9.41. The molecule has 0 aromatic heterocycles. The van der Waals surface area contributed by atoms with Crippen LogP contribution in [0.15, 0.2) is 24.3 Å². The lowest BCUT2D eigenvalue weighted by Gasteiger charge is -2.43. The molecule has 7 heteroatoms. The normalized spacial score (nSPS) is 21.9. The average molecular weight is 444 g/mol. The summed E-state index contributed by atoms with van der Waals surface area (Å²) in [5.41, 5.74) is 1.57. The number of rotatable bonds is 5. The van der Waals surface area contributed by atoms with Gasteiger partial charge in [0.05, 0.1) is 12.0 Å². The minimum absolute atomic E-state index is 0.00608. The molecule has 32 heavy (non-hydrogen) atoms. The number of nitrogens with zero attached hydrogens (tertiary/aromatic N) is 3. The molecule has 0 spiro atoms. The highest BCUT2D eigenvalue weighted by molar-refractivity contribution is 5.83. The SMILES string of the molecule is CCOC(=O)[C@@]1(Cc2ccccc2C)CCCN(C(=O)C2CCN(C(=O)N(C)C)CC2)C1. The highest BCUT2D eigenvalue weighted by atomic mass is 16.5. The summed E-state index contributed by atoms with van der Waals surface area (Å²) < 4.78 is 5.51. The minimum Gasteiger partial charge on any atom is -0.466 e. The van der Waals surface area contributed by atoms with Gasteiger partial charge in [0.25, 0.3) is 0 Å². The van der Waals surface area contributed by atoms with Crippen LogP contribution in [0.25, 0.3) is 0 Å². The number of hydrogen-bond donors (Lipinski definition) is 0. The number of hydrogen-bond acceptors (Lipinski definition) is 4. The third-order valence-corrected chi connectivity index (χ3v) is 6.88. The lowest BCUT2D eigenvalue weighted by molar-refractivity contribution is -0.161. The predicted molar refractivity (Wildman–Crippen MR) is 123 cm³/mol. The van der Waals surface area contributed by atoms with Gasteiger partial charge >= 0.3 is 12.0 Å². The molecule has 0 bridgehead atoms. The molecule has 1 aromatic carbocycles. The Labute approximate surface area is 191 Å². The van der Waals surface area contributed by atoms with Gasteiger partial charge in [0.15, 0.2) is 0 Å². The highest BCUT2D eigenvalue weighted by Crippen LogP contribution is 2.37. The van der Waals surface area contributed by atoms with Crippen molar-refractivity contribution in [1.29, 1.82) is 0 Å². The average Bonchev–Trinajstić information content (AvgIpc) is 2.80. The Bertz CT molecular complexity index is 832. The molecule has 7 nitrogen and oxygen atoms in total. The van der Waals surface area contributed by atoms with Crippen LogP contribution in [0.3, 0.4) is 0 Å². The van der Waals surface area contributed by atoms with Gasteiger partial charge in [-0.1, -0.05) is 24.3 Å². The van der Waals surface area contributed by atoms with E-state index in [2.05, 4.69) is 19.1 Å². The molecule has 0 radical (unpaired) electrons. The van der Waals surface area contributed by atoms with Crippen LogP contribution in [-0.4, -0.2) is 79.5 Å². The maximum atomic E-state index is 13.4. The predicted octanol–water partition coefficient (Wildman–Crippen LogP) is 3.10. The summed E-state index contributed by atoms with van der Waals surface area (Å²) in [6, 6.07) is 8.11. The zero-order valence-corrected chi connectivity index (χ0v) is 19.9. The molecule has 2 fully saturated rings. The summed E-state index contributed by atoms with van der Waals surface area (Å²) in [5, 5.41) is 0. The number of esters is 1. The first kappa shape index (κ1) is 24.1. The standard InChI is InChI=1S/C25H37N3O4/c1-5-32-23(30)25(17-21-10-7-6-9-19(21)2)13-8-14-28(18-25)22(29)20-11-15-27(16-12-20)24(31)26(3)4/h6-7,9-10,20H,5,8,11-18H2,1-4H3/t25-/m1/s1. The second kappa shape index (κ2) is 10.4. The number of ether oxygens (including phenoxy) is 1. The molecule has 2 aliphatic heterocycles. The first-order valence-corrected chi connectivity index (χ1v) is 11.7. The van der Waals surface area contributed by atoms with Crippen LogP contribution in [0.4, 0.5) is 4.79 Å². The summed E-state index contributed by atoms with van der Waals surface area (Å²) in [6.45, 7) is 6.47. The molecular formula is C25H37N3O4. The van der Waals surface area contributed by atoms with E-state index in [9.17, 15) is 14.4 Å². The second-order valence-corrected chi connectivity index (χ2v) is 9.41. The molecule has 2 heterocycles. The van der Waals surface area contributed by atoms with Crippen LogP contribution in [0.5, 0.6) is 0 Å². The maximum absolute atomic E-state index is 13.4. The van der Waals surface area contributed by atoms with E-state index in [1.165, 1.54) is 0 Å². The van der Waals surface area contributed by atoms with E-state index in [1.807, 2.05) is 24.0 Å². The van der Waals surface area contributed by atoms with Gasteiger partial charge in [-0.05, 0) is 57.1 Å². The molecule has 0 unspecified atom stereocenters. The Morgan fingerprint density at radius 2 is 1.78 bits per heavy atom. The fourth-order valence-corrected chi connectivity index (χ4v) is 5.02. The molecule has 1 atom stereocenters. The Kier molecular flexibility index (Phi) is 7.80. The third-order valence-electron chi connectivity index (χ3n) is 6.88. The van der Waals surface area contributed by atoms with Crippen LogP contribution >= 0.6 is 0 Å². The van der Waals surface area contributed by atoms with Crippen LogP contribution < -0.4 is 0 Å². The first-order valence-electron chi connectivity index (χ1n) is 11.7. The van der Waals surface area contributed by atoms with Crippen LogP contribution in [0.1, 0.15) is 43.7 Å². The Balaban J connectivity index is 1.73. The number of aryl methyl sites for hydroxylation is 1. The fraction of sp³-hybridized carbons (Fsp3) is 0.640. The molecule has 0 aliphatic carbocycles. The van der Waals surface area contributed by atoms with Crippen molar-refractivity contribution in [2.45, 2.75) is 46.0 Å². The van der Waals surface area contributed by atoms with E-state index in [0.717, 1.165) is 24.0 Å². The van der Waals surface area contributed by atoms with Crippen molar-refractivity contribution in [3.05, 3.63) is 35.4 Å². The zero-order chi connectivity index (χ0) is 23.3. The van der Waals surface area contributed by atoms with Gasteiger partial charge in [-0.2, -0.15) is 0 Å². The number of amides is 3. The summed E-state index contributed by atoms with van der Waals surface area (Å²) in [4.78, 5) is 44.0. The van der Waals surface area contributed by atoms with E-state index in [1.54, 1.807) is 23.9 Å². The van der Waals surface area contributed by atoms with Crippen molar-refractivity contribution >= 4 is 17.9 Å². The Morgan fingerprint density at radius 3 is 2.41 bits per heavy atom. The van der Waals surface area contributed by atoms with E-state index in [-0.39, 0.29) is 23.8 Å². The molecule has 3 rings (SSSR count). The van der Waals surface area contributed by atoms with E-state index in [0.29, 0.717) is 52.0 Å². The number of piperidine rings is 2. The van der Waals surface area contributed by atoms with Gasteiger partial charge in [0.1, 0.15) is 0 Å². The van der Waals surface area contributed by atoms with E-state index in [4.69, 9.17) is 4.74 Å². The van der Waals surface area contributed by atoms with Gasteiger partial charge in [0, 0.05) is 46.2 Å². The van der Waals surface area contributed by atoms with Crippen LogP contribution in [0, 0.1) is 18.3 Å². The van der Waals surface area contributed by atoms with Crippen molar-refractivity contribution in [2.75, 3.05) is 46.9 Å². The number of urea groups is 1. The minimum atomic E-state index is -0.711. The van der Waals surface area contributed by atoms with E-state index < -0.39 is 5.41 Å². The summed E-state index contributed by atoms with van der Waals surface area (Å²) in [5.74, 6) is -0.190. The molecule has 176 valence electrons. The zero-order valence-electron chi connectivity index (χ0n) is 19.9. The molecule has 2 aliphatic rings. The molecular weight excluding hydrogens is 406 g/mol. The summed E-state index contributed by atoms with van der Waals surface area (Å²) >= 11 is 0. The Morgan fingerprint density at radius 1 is 1.09 bits per heavy atom.